The Labute approximate surface area is 151 Å². The third-order valence-electron chi connectivity index (χ3n) is 4.14. The summed E-state index contributed by atoms with van der Waals surface area (Å²) in [6.07, 6.45) is 3.83. The first kappa shape index (κ1) is 15.8. The molecule has 122 valence electrons. The van der Waals surface area contributed by atoms with Gasteiger partial charge in [-0.15, -0.1) is 0 Å². The van der Waals surface area contributed by atoms with Crippen LogP contribution in [0.25, 0.3) is 33.4 Å². The molecule has 4 aromatic rings. The van der Waals surface area contributed by atoms with Crippen molar-refractivity contribution in [2.45, 2.75) is 12.1 Å². The van der Waals surface area contributed by atoms with Gasteiger partial charge in [0.2, 0.25) is 0 Å². The maximum absolute atomic E-state index is 4.90. The van der Waals surface area contributed by atoms with Crippen LogP contribution < -0.4 is 0 Å². The zero-order chi connectivity index (χ0) is 17.2. The molecule has 0 saturated carbocycles. The summed E-state index contributed by atoms with van der Waals surface area (Å²) in [6, 6.07) is 20.9. The van der Waals surface area contributed by atoms with Gasteiger partial charge in [0.05, 0.1) is 5.69 Å². The number of hydrogen-bond acceptors (Lipinski definition) is 4. The largest absolute Gasteiger partial charge is 0.230 e. The molecule has 0 bridgehead atoms. The molecule has 0 aliphatic carbocycles. The number of aromatic nitrogens is 3. The zero-order valence-corrected chi connectivity index (χ0v) is 14.9. The number of hydrogen-bond donors (Lipinski definition) is 0. The molecule has 0 aliphatic heterocycles. The number of nitrogens with zero attached hydrogens (tertiary/aromatic N) is 3. The minimum atomic E-state index is 0.731. The zero-order valence-electron chi connectivity index (χ0n) is 14.1. The van der Waals surface area contributed by atoms with Gasteiger partial charge in [0, 0.05) is 22.7 Å². The number of fused-ring (bicyclic) bond motifs is 1. The highest BCUT2D eigenvalue weighted by atomic mass is 32.2. The lowest BCUT2D eigenvalue weighted by atomic mass is 9.98. The van der Waals surface area contributed by atoms with Crippen molar-refractivity contribution >= 4 is 22.8 Å². The van der Waals surface area contributed by atoms with Gasteiger partial charge in [0.25, 0.3) is 0 Å². The van der Waals surface area contributed by atoms with Crippen LogP contribution in [0.15, 0.2) is 72.0 Å². The first-order valence-electron chi connectivity index (χ1n) is 8.09. The summed E-state index contributed by atoms with van der Waals surface area (Å²) < 4.78 is 0. The highest BCUT2D eigenvalue weighted by Gasteiger charge is 2.12. The summed E-state index contributed by atoms with van der Waals surface area (Å²) in [5.41, 5.74) is 6.24. The number of pyridine rings is 1. The van der Waals surface area contributed by atoms with Crippen LogP contribution in [0.4, 0.5) is 0 Å². The number of benzene rings is 2. The van der Waals surface area contributed by atoms with E-state index >= 15 is 0 Å². The molecular formula is C21H17N3S. The van der Waals surface area contributed by atoms with Gasteiger partial charge in [0.1, 0.15) is 0 Å². The van der Waals surface area contributed by atoms with Gasteiger partial charge in [-0.1, -0.05) is 71.9 Å². The SMILES string of the molecule is CSc1ncc2cc(-c3ccccc3)c(-c3ccc(C)cc3)nc2n1. The molecular weight excluding hydrogens is 326 g/mol. The topological polar surface area (TPSA) is 38.7 Å². The molecule has 0 atom stereocenters. The molecule has 0 amide bonds. The summed E-state index contributed by atoms with van der Waals surface area (Å²) in [4.78, 5) is 13.9. The summed E-state index contributed by atoms with van der Waals surface area (Å²) in [7, 11) is 0. The van der Waals surface area contributed by atoms with Crippen molar-refractivity contribution < 1.29 is 0 Å². The summed E-state index contributed by atoms with van der Waals surface area (Å²) in [5, 5.41) is 1.69. The molecule has 2 aromatic carbocycles. The first-order valence-corrected chi connectivity index (χ1v) is 9.31. The van der Waals surface area contributed by atoms with Crippen molar-refractivity contribution in [3.8, 4) is 22.4 Å². The van der Waals surface area contributed by atoms with Crippen molar-refractivity contribution in [1.29, 1.82) is 0 Å². The van der Waals surface area contributed by atoms with Gasteiger partial charge in [-0.3, -0.25) is 0 Å². The smallest absolute Gasteiger partial charge is 0.189 e. The minimum Gasteiger partial charge on any atom is -0.230 e. The van der Waals surface area contributed by atoms with E-state index in [0.29, 0.717) is 0 Å². The second-order valence-electron chi connectivity index (χ2n) is 5.89. The monoisotopic (exact) mass is 343 g/mol. The van der Waals surface area contributed by atoms with Crippen LogP contribution in [0, 0.1) is 6.92 Å². The Kier molecular flexibility index (Phi) is 4.20. The fourth-order valence-electron chi connectivity index (χ4n) is 2.82. The Bertz CT molecular complexity index is 1030. The molecule has 0 fully saturated rings. The lowest BCUT2D eigenvalue weighted by molar-refractivity contribution is 0.993. The predicted octanol–water partition coefficient (Wildman–Crippen LogP) is 5.39. The van der Waals surface area contributed by atoms with E-state index in [1.807, 2.05) is 30.7 Å². The summed E-state index contributed by atoms with van der Waals surface area (Å²) >= 11 is 1.53. The quantitative estimate of drug-likeness (QED) is 0.369. The Morgan fingerprint density at radius 2 is 1.60 bits per heavy atom. The van der Waals surface area contributed by atoms with Crippen molar-refractivity contribution in [2.24, 2.45) is 0 Å². The van der Waals surface area contributed by atoms with E-state index in [1.54, 1.807) is 0 Å². The average molecular weight is 343 g/mol. The molecule has 4 rings (SSSR count). The van der Waals surface area contributed by atoms with Crippen molar-refractivity contribution in [2.75, 3.05) is 6.26 Å². The standard InChI is InChI=1S/C21H17N3S/c1-14-8-10-16(11-9-14)19-18(15-6-4-3-5-7-15)12-17-13-22-21(25-2)24-20(17)23-19/h3-13H,1-2H3. The maximum Gasteiger partial charge on any atom is 0.189 e. The Hall–Kier alpha value is -2.72. The van der Waals surface area contributed by atoms with Crippen LogP contribution in [0.3, 0.4) is 0 Å². The summed E-state index contributed by atoms with van der Waals surface area (Å²) in [6.45, 7) is 2.09. The van der Waals surface area contributed by atoms with Gasteiger partial charge in [-0.25, -0.2) is 15.0 Å². The van der Waals surface area contributed by atoms with Crippen LogP contribution >= 0.6 is 11.8 Å². The molecule has 0 aliphatic rings. The molecule has 2 heterocycles. The van der Waals surface area contributed by atoms with Crippen LogP contribution in [-0.2, 0) is 0 Å². The molecule has 0 radical (unpaired) electrons. The predicted molar refractivity (Wildman–Crippen MR) is 105 cm³/mol. The fourth-order valence-corrected chi connectivity index (χ4v) is 3.15. The van der Waals surface area contributed by atoms with Crippen molar-refractivity contribution in [3.05, 3.63) is 72.4 Å². The number of rotatable bonds is 3. The Balaban J connectivity index is 2.00. The normalized spacial score (nSPS) is 11.0. The average Bonchev–Trinajstić information content (AvgIpc) is 2.68. The molecule has 0 N–H and O–H groups in total. The van der Waals surface area contributed by atoms with Crippen LogP contribution in [-0.4, -0.2) is 21.2 Å². The third-order valence-corrected chi connectivity index (χ3v) is 4.70. The summed E-state index contributed by atoms with van der Waals surface area (Å²) in [5.74, 6) is 0. The second kappa shape index (κ2) is 6.65. The van der Waals surface area contributed by atoms with Crippen molar-refractivity contribution in [3.63, 3.8) is 0 Å². The number of aryl methyl sites for hydroxylation is 1. The van der Waals surface area contributed by atoms with E-state index in [-0.39, 0.29) is 0 Å². The Morgan fingerprint density at radius 1 is 0.840 bits per heavy atom. The van der Waals surface area contributed by atoms with Crippen LogP contribution in [0.2, 0.25) is 0 Å². The van der Waals surface area contributed by atoms with E-state index in [2.05, 4.69) is 59.4 Å². The molecule has 0 saturated heterocycles. The van der Waals surface area contributed by atoms with E-state index in [1.165, 1.54) is 17.3 Å². The van der Waals surface area contributed by atoms with Gasteiger partial charge in [-0.2, -0.15) is 0 Å². The van der Waals surface area contributed by atoms with E-state index in [9.17, 15) is 0 Å². The molecule has 0 unspecified atom stereocenters. The van der Waals surface area contributed by atoms with E-state index < -0.39 is 0 Å². The minimum absolute atomic E-state index is 0.731. The van der Waals surface area contributed by atoms with Gasteiger partial charge < -0.3 is 0 Å². The first-order chi connectivity index (χ1) is 12.2. The van der Waals surface area contributed by atoms with E-state index in [0.717, 1.165) is 38.6 Å². The molecule has 2 aromatic heterocycles. The highest BCUT2D eigenvalue weighted by Crippen LogP contribution is 2.33. The van der Waals surface area contributed by atoms with Gasteiger partial charge >= 0.3 is 0 Å². The maximum atomic E-state index is 4.90. The fraction of sp³-hybridized carbons (Fsp3) is 0.0952. The van der Waals surface area contributed by atoms with Crippen LogP contribution in [0.1, 0.15) is 5.56 Å². The van der Waals surface area contributed by atoms with E-state index in [4.69, 9.17) is 4.98 Å². The molecule has 0 spiro atoms. The highest BCUT2D eigenvalue weighted by molar-refractivity contribution is 7.98. The molecule has 4 heteroatoms. The van der Waals surface area contributed by atoms with Crippen molar-refractivity contribution in [1.82, 2.24) is 15.0 Å². The Morgan fingerprint density at radius 3 is 2.32 bits per heavy atom. The third kappa shape index (κ3) is 3.13. The lowest BCUT2D eigenvalue weighted by Crippen LogP contribution is -1.95. The second-order valence-corrected chi connectivity index (χ2v) is 6.66. The lowest BCUT2D eigenvalue weighted by Gasteiger charge is -2.11. The number of thioether (sulfide) groups is 1. The molecule has 3 nitrogen and oxygen atoms in total. The van der Waals surface area contributed by atoms with Gasteiger partial charge in [-0.05, 0) is 24.8 Å². The van der Waals surface area contributed by atoms with Crippen LogP contribution in [0.5, 0.6) is 0 Å². The van der Waals surface area contributed by atoms with Gasteiger partial charge in [0.15, 0.2) is 10.8 Å². The molecule has 25 heavy (non-hydrogen) atoms.